The van der Waals surface area contributed by atoms with Crippen LogP contribution in [0.3, 0.4) is 0 Å². The molecule has 0 spiro atoms. The Labute approximate surface area is 156 Å². The van der Waals surface area contributed by atoms with Crippen molar-refractivity contribution in [3.05, 3.63) is 77.9 Å². The maximum Gasteiger partial charge on any atom is 0.337 e. The van der Waals surface area contributed by atoms with E-state index in [4.69, 9.17) is 4.74 Å². The van der Waals surface area contributed by atoms with E-state index in [1.165, 1.54) is 7.11 Å². The SMILES string of the molecule is COC(=O)c1ccc2cc(-c3ccccc3CO)n(Cc3ncc[nH]3)c2c1. The van der Waals surface area contributed by atoms with Crippen LogP contribution in [0, 0.1) is 0 Å². The minimum atomic E-state index is -0.375. The lowest BCUT2D eigenvalue weighted by Crippen LogP contribution is -2.06. The fourth-order valence-electron chi connectivity index (χ4n) is 3.34. The van der Waals surface area contributed by atoms with E-state index in [2.05, 4.69) is 20.6 Å². The predicted molar refractivity (Wildman–Crippen MR) is 102 cm³/mol. The molecule has 2 aromatic carbocycles. The highest BCUT2D eigenvalue weighted by atomic mass is 16.5. The molecule has 0 aliphatic heterocycles. The first-order chi connectivity index (χ1) is 13.2. The molecule has 6 nitrogen and oxygen atoms in total. The van der Waals surface area contributed by atoms with Gasteiger partial charge >= 0.3 is 5.97 Å². The van der Waals surface area contributed by atoms with Crippen molar-refractivity contribution in [2.24, 2.45) is 0 Å². The molecule has 0 atom stereocenters. The highest BCUT2D eigenvalue weighted by Gasteiger charge is 2.16. The molecule has 4 rings (SSSR count). The third-order valence-electron chi connectivity index (χ3n) is 4.65. The second-order valence-corrected chi connectivity index (χ2v) is 6.23. The molecule has 0 bridgehead atoms. The van der Waals surface area contributed by atoms with Crippen LogP contribution in [0.5, 0.6) is 0 Å². The highest BCUT2D eigenvalue weighted by Crippen LogP contribution is 2.32. The topological polar surface area (TPSA) is 80.1 Å². The van der Waals surface area contributed by atoms with E-state index in [0.29, 0.717) is 12.1 Å². The van der Waals surface area contributed by atoms with Crippen LogP contribution in [-0.2, 0) is 17.9 Å². The van der Waals surface area contributed by atoms with Crippen molar-refractivity contribution in [2.75, 3.05) is 7.11 Å². The van der Waals surface area contributed by atoms with E-state index in [1.54, 1.807) is 18.5 Å². The van der Waals surface area contributed by atoms with Crippen LogP contribution < -0.4 is 0 Å². The number of esters is 1. The number of methoxy groups -OCH3 is 1. The summed E-state index contributed by atoms with van der Waals surface area (Å²) in [6.45, 7) is 0.460. The number of carbonyl (C=O) groups is 1. The molecule has 6 heteroatoms. The Morgan fingerprint density at radius 2 is 2.07 bits per heavy atom. The third-order valence-corrected chi connectivity index (χ3v) is 4.65. The first-order valence-electron chi connectivity index (χ1n) is 8.60. The van der Waals surface area contributed by atoms with E-state index in [9.17, 15) is 9.90 Å². The summed E-state index contributed by atoms with van der Waals surface area (Å²) in [4.78, 5) is 19.4. The average Bonchev–Trinajstić information content (AvgIpc) is 3.35. The number of H-pyrrole nitrogens is 1. The summed E-state index contributed by atoms with van der Waals surface area (Å²) in [7, 11) is 1.37. The molecule has 2 aromatic heterocycles. The van der Waals surface area contributed by atoms with E-state index >= 15 is 0 Å². The molecule has 27 heavy (non-hydrogen) atoms. The van der Waals surface area contributed by atoms with Crippen LogP contribution in [0.25, 0.3) is 22.2 Å². The summed E-state index contributed by atoms with van der Waals surface area (Å²) in [5, 5.41) is 10.8. The van der Waals surface area contributed by atoms with Gasteiger partial charge in [0.2, 0.25) is 0 Å². The lowest BCUT2D eigenvalue weighted by atomic mass is 10.0. The lowest BCUT2D eigenvalue weighted by molar-refractivity contribution is 0.0601. The van der Waals surface area contributed by atoms with Crippen LogP contribution in [0.15, 0.2) is 60.9 Å². The molecule has 0 aliphatic carbocycles. The lowest BCUT2D eigenvalue weighted by Gasteiger charge is -2.12. The summed E-state index contributed by atoms with van der Waals surface area (Å²) in [5.74, 6) is 0.429. The van der Waals surface area contributed by atoms with Gasteiger partial charge in [0.1, 0.15) is 5.82 Å². The van der Waals surface area contributed by atoms with Crippen LogP contribution in [0.4, 0.5) is 0 Å². The number of carbonyl (C=O) groups excluding carboxylic acids is 1. The van der Waals surface area contributed by atoms with E-state index in [-0.39, 0.29) is 12.6 Å². The Hall–Kier alpha value is -3.38. The molecular formula is C21H19N3O3. The Bertz CT molecular complexity index is 1100. The molecule has 0 radical (unpaired) electrons. The number of aliphatic hydroxyl groups excluding tert-OH is 1. The van der Waals surface area contributed by atoms with Crippen molar-refractivity contribution in [3.63, 3.8) is 0 Å². The molecule has 0 saturated carbocycles. The number of rotatable bonds is 5. The van der Waals surface area contributed by atoms with Crippen LogP contribution in [0.1, 0.15) is 21.7 Å². The van der Waals surface area contributed by atoms with Gasteiger partial charge in [0.05, 0.1) is 25.8 Å². The predicted octanol–water partition coefficient (Wildman–Crippen LogP) is 3.36. The number of hydrogen-bond acceptors (Lipinski definition) is 4. The quantitative estimate of drug-likeness (QED) is 0.534. The Morgan fingerprint density at radius 3 is 2.81 bits per heavy atom. The minimum Gasteiger partial charge on any atom is -0.465 e. The number of aliphatic hydroxyl groups is 1. The summed E-state index contributed by atoms with van der Waals surface area (Å²) in [5.41, 5.74) is 4.13. The summed E-state index contributed by atoms with van der Waals surface area (Å²) in [6.07, 6.45) is 3.49. The number of nitrogens with one attached hydrogen (secondary N) is 1. The van der Waals surface area contributed by atoms with Crippen molar-refractivity contribution in [2.45, 2.75) is 13.2 Å². The summed E-state index contributed by atoms with van der Waals surface area (Å²) in [6, 6.07) is 15.3. The van der Waals surface area contributed by atoms with Crippen molar-refractivity contribution in [1.29, 1.82) is 0 Å². The first-order valence-corrected chi connectivity index (χ1v) is 8.60. The zero-order valence-corrected chi connectivity index (χ0v) is 14.8. The van der Waals surface area contributed by atoms with Gasteiger partial charge in [0.25, 0.3) is 0 Å². The van der Waals surface area contributed by atoms with E-state index < -0.39 is 0 Å². The molecule has 2 N–H and O–H groups in total. The number of ether oxygens (including phenoxy) is 1. The van der Waals surface area contributed by atoms with Crippen molar-refractivity contribution >= 4 is 16.9 Å². The number of nitrogens with zero attached hydrogens (tertiary/aromatic N) is 2. The molecule has 2 heterocycles. The molecule has 0 amide bonds. The average molecular weight is 361 g/mol. The highest BCUT2D eigenvalue weighted by molar-refractivity contribution is 5.96. The van der Waals surface area contributed by atoms with Crippen LogP contribution >= 0.6 is 0 Å². The van der Waals surface area contributed by atoms with Crippen molar-refractivity contribution in [3.8, 4) is 11.3 Å². The maximum absolute atomic E-state index is 12.0. The fourth-order valence-corrected chi connectivity index (χ4v) is 3.34. The molecule has 0 aliphatic rings. The van der Waals surface area contributed by atoms with Crippen molar-refractivity contribution in [1.82, 2.24) is 14.5 Å². The molecule has 0 fully saturated rings. The summed E-state index contributed by atoms with van der Waals surface area (Å²) < 4.78 is 6.95. The van der Waals surface area contributed by atoms with Gasteiger partial charge in [0, 0.05) is 34.6 Å². The molecule has 4 aromatic rings. The zero-order valence-electron chi connectivity index (χ0n) is 14.8. The van der Waals surface area contributed by atoms with E-state index in [1.807, 2.05) is 36.4 Å². The monoisotopic (exact) mass is 361 g/mol. The largest absolute Gasteiger partial charge is 0.465 e. The zero-order chi connectivity index (χ0) is 18.8. The Balaban J connectivity index is 1.95. The minimum absolute atomic E-state index is 0.0497. The van der Waals surface area contributed by atoms with E-state index in [0.717, 1.165) is 33.5 Å². The van der Waals surface area contributed by atoms with Gasteiger partial charge in [-0.25, -0.2) is 9.78 Å². The van der Waals surface area contributed by atoms with Gasteiger partial charge in [-0.05, 0) is 23.8 Å². The Kier molecular flexibility index (Phi) is 4.48. The first kappa shape index (κ1) is 17.1. The molecular weight excluding hydrogens is 342 g/mol. The van der Waals surface area contributed by atoms with Gasteiger partial charge in [-0.1, -0.05) is 30.3 Å². The molecule has 0 unspecified atom stereocenters. The van der Waals surface area contributed by atoms with Crippen LogP contribution in [-0.4, -0.2) is 32.7 Å². The smallest absolute Gasteiger partial charge is 0.337 e. The third kappa shape index (κ3) is 3.11. The number of imidazole rings is 1. The van der Waals surface area contributed by atoms with Gasteiger partial charge in [-0.3, -0.25) is 0 Å². The number of benzene rings is 2. The second-order valence-electron chi connectivity index (χ2n) is 6.23. The normalized spacial score (nSPS) is 11.0. The molecule has 0 saturated heterocycles. The van der Waals surface area contributed by atoms with Gasteiger partial charge in [0.15, 0.2) is 0 Å². The second kappa shape index (κ2) is 7.09. The molecule has 136 valence electrons. The number of fused-ring (bicyclic) bond motifs is 1. The maximum atomic E-state index is 12.0. The fraction of sp³-hybridized carbons (Fsp3) is 0.143. The van der Waals surface area contributed by atoms with Crippen molar-refractivity contribution < 1.29 is 14.6 Å². The number of hydrogen-bond donors (Lipinski definition) is 2. The van der Waals surface area contributed by atoms with Gasteiger partial charge in [-0.2, -0.15) is 0 Å². The standard InChI is InChI=1S/C21H19N3O3/c1-27-21(26)15-7-6-14-10-19(17-5-3-2-4-16(17)13-25)24(18(14)11-15)12-20-22-8-9-23-20/h2-11,25H,12-13H2,1H3,(H,22,23). The van der Waals surface area contributed by atoms with Crippen LogP contribution in [0.2, 0.25) is 0 Å². The number of aromatic amines is 1. The van der Waals surface area contributed by atoms with Gasteiger partial charge in [-0.15, -0.1) is 0 Å². The van der Waals surface area contributed by atoms with Gasteiger partial charge < -0.3 is 19.4 Å². The number of aromatic nitrogens is 3. The summed E-state index contributed by atoms with van der Waals surface area (Å²) >= 11 is 0. The Morgan fingerprint density at radius 1 is 1.22 bits per heavy atom.